The summed E-state index contributed by atoms with van der Waals surface area (Å²) in [6.45, 7) is 0.513. The Labute approximate surface area is 236 Å². The van der Waals surface area contributed by atoms with E-state index < -0.39 is 90.7 Å². The third kappa shape index (κ3) is 5.37. The van der Waals surface area contributed by atoms with Crippen LogP contribution < -0.4 is 10.2 Å². The molecule has 0 radical (unpaired) electrons. The molecule has 0 bridgehead atoms. The van der Waals surface area contributed by atoms with Crippen LogP contribution in [0.2, 0.25) is 0 Å². The van der Waals surface area contributed by atoms with E-state index in [1.165, 1.54) is 31.2 Å². The number of hydrogen-bond acceptors (Lipinski definition) is 15. The van der Waals surface area contributed by atoms with Crippen LogP contribution in [0, 0.1) is 0 Å². The summed E-state index contributed by atoms with van der Waals surface area (Å²) < 4.78 is 28.0. The average molecular weight is 595 g/mol. The van der Waals surface area contributed by atoms with Crippen LogP contribution in [-0.4, -0.2) is 114 Å². The van der Waals surface area contributed by atoms with Crippen LogP contribution >= 0.6 is 0 Å². The monoisotopic (exact) mass is 594 g/mol. The van der Waals surface area contributed by atoms with Gasteiger partial charge in [0.15, 0.2) is 12.1 Å². The molecule has 228 valence electrons. The fraction of sp³-hybridized carbons (Fsp3) is 0.444. The normalized spacial score (nSPS) is 32.2. The molecule has 5 rings (SSSR count). The predicted molar refractivity (Wildman–Crippen MR) is 139 cm³/mol. The topological polar surface area (TPSA) is 249 Å². The minimum Gasteiger partial charge on any atom is -0.508 e. The SMILES string of the molecule is C[C@H](O)[C@@H]1O[C@@H](O[C@H]2[C@H](O)[C@@H](O)[C@H](Oc3c(-c4ccc(O)cc4)oc4cc(O)cc(O)c4c3=O)O[C@@H]2CO)[C@H](O)[C@@H]1O. The number of hydrogen-bond donors (Lipinski definition) is 9. The Morgan fingerprint density at radius 1 is 0.881 bits per heavy atom. The fourth-order valence-corrected chi connectivity index (χ4v) is 4.95. The van der Waals surface area contributed by atoms with Gasteiger partial charge in [0, 0.05) is 17.7 Å². The van der Waals surface area contributed by atoms with Gasteiger partial charge in [-0.25, -0.2) is 0 Å². The molecule has 0 saturated carbocycles. The highest BCUT2D eigenvalue weighted by atomic mass is 16.7. The number of benzene rings is 2. The summed E-state index contributed by atoms with van der Waals surface area (Å²) in [5.41, 5.74) is -0.955. The second kappa shape index (κ2) is 11.6. The van der Waals surface area contributed by atoms with Crippen molar-refractivity contribution in [1.29, 1.82) is 0 Å². The van der Waals surface area contributed by atoms with Crippen LogP contribution in [0.25, 0.3) is 22.3 Å². The van der Waals surface area contributed by atoms with Crippen molar-refractivity contribution in [3.63, 3.8) is 0 Å². The molecule has 1 aromatic heterocycles. The van der Waals surface area contributed by atoms with Gasteiger partial charge in [-0.15, -0.1) is 0 Å². The largest absolute Gasteiger partial charge is 0.508 e. The number of rotatable bonds is 7. The van der Waals surface area contributed by atoms with Crippen molar-refractivity contribution in [1.82, 2.24) is 0 Å². The van der Waals surface area contributed by atoms with Gasteiger partial charge in [0.05, 0.1) is 12.7 Å². The molecule has 15 nitrogen and oxygen atoms in total. The maximum absolute atomic E-state index is 13.5. The highest BCUT2D eigenvalue weighted by molar-refractivity contribution is 5.88. The van der Waals surface area contributed by atoms with Crippen molar-refractivity contribution >= 4 is 11.0 Å². The first-order valence-electron chi connectivity index (χ1n) is 12.9. The lowest BCUT2D eigenvalue weighted by Crippen LogP contribution is -2.62. The minimum absolute atomic E-state index is 0.103. The van der Waals surface area contributed by atoms with Crippen LogP contribution in [-0.2, 0) is 14.2 Å². The van der Waals surface area contributed by atoms with E-state index in [0.717, 1.165) is 12.1 Å². The minimum atomic E-state index is -1.94. The highest BCUT2D eigenvalue weighted by Crippen LogP contribution is 2.38. The number of ether oxygens (including phenoxy) is 4. The number of aliphatic hydroxyl groups is 6. The summed E-state index contributed by atoms with van der Waals surface area (Å²) in [6, 6.07) is 7.33. The van der Waals surface area contributed by atoms with Gasteiger partial charge in [0.1, 0.15) is 70.9 Å². The van der Waals surface area contributed by atoms with Crippen LogP contribution in [0.4, 0.5) is 0 Å². The van der Waals surface area contributed by atoms with Crippen LogP contribution in [0.15, 0.2) is 45.6 Å². The molecule has 15 heteroatoms. The predicted octanol–water partition coefficient (Wildman–Crippen LogP) is -1.39. The first kappa shape index (κ1) is 30.0. The quantitative estimate of drug-likeness (QED) is 0.153. The zero-order valence-corrected chi connectivity index (χ0v) is 21.9. The summed E-state index contributed by atoms with van der Waals surface area (Å²) >= 11 is 0. The number of phenolic OH excluding ortho intramolecular Hbond substituents is 3. The first-order chi connectivity index (χ1) is 19.9. The Bertz CT molecular complexity index is 1470. The molecule has 2 fully saturated rings. The molecule has 42 heavy (non-hydrogen) atoms. The van der Waals surface area contributed by atoms with Crippen LogP contribution in [0.3, 0.4) is 0 Å². The van der Waals surface area contributed by atoms with E-state index in [2.05, 4.69) is 0 Å². The maximum atomic E-state index is 13.5. The Hall–Kier alpha value is -3.51. The number of phenols is 3. The van der Waals surface area contributed by atoms with E-state index in [1.807, 2.05) is 0 Å². The standard InChI is InChI=1S/C27H30O15/c1-9(29)22-18(34)20(36)27(40-22)41-24-15(8-28)39-26(21(37)19(24)35)42-25-17(33)16-13(32)6-12(31)7-14(16)38-23(25)10-2-4-11(30)5-3-10/h2-7,9,15,18-22,24,26-32,34-37H,8H2,1H3/t9-,15+,18-,19+,20+,21+,22-,24+,26-,27-/m0/s1. The van der Waals surface area contributed by atoms with Crippen LogP contribution in [0.1, 0.15) is 6.92 Å². The van der Waals surface area contributed by atoms with Gasteiger partial charge in [-0.05, 0) is 31.2 Å². The summed E-state index contributed by atoms with van der Waals surface area (Å²) in [7, 11) is 0. The fourth-order valence-electron chi connectivity index (χ4n) is 4.95. The van der Waals surface area contributed by atoms with Crippen LogP contribution in [0.5, 0.6) is 23.0 Å². The van der Waals surface area contributed by atoms with Crippen molar-refractivity contribution in [3.8, 4) is 34.3 Å². The first-order valence-corrected chi connectivity index (χ1v) is 12.9. The Morgan fingerprint density at radius 3 is 2.17 bits per heavy atom. The van der Waals surface area contributed by atoms with Crippen molar-refractivity contribution in [2.24, 2.45) is 0 Å². The van der Waals surface area contributed by atoms with Gasteiger partial charge in [-0.3, -0.25) is 4.79 Å². The summed E-state index contributed by atoms with van der Waals surface area (Å²) in [6.07, 6.45) is -15.8. The third-order valence-electron chi connectivity index (χ3n) is 7.13. The smallest absolute Gasteiger partial charge is 0.239 e. The molecule has 2 saturated heterocycles. The van der Waals surface area contributed by atoms with E-state index in [9.17, 15) is 50.8 Å². The van der Waals surface area contributed by atoms with E-state index in [0.29, 0.717) is 0 Å². The van der Waals surface area contributed by atoms with Gasteiger partial charge < -0.3 is 69.3 Å². The molecule has 3 heterocycles. The molecular formula is C27H30O15. The van der Waals surface area contributed by atoms with E-state index in [-0.39, 0.29) is 28.0 Å². The Morgan fingerprint density at radius 2 is 1.55 bits per heavy atom. The van der Waals surface area contributed by atoms with Gasteiger partial charge in [-0.2, -0.15) is 0 Å². The molecule has 0 unspecified atom stereocenters. The summed E-state index contributed by atoms with van der Waals surface area (Å²) in [5.74, 6) is -1.97. The van der Waals surface area contributed by atoms with Gasteiger partial charge in [0.2, 0.25) is 17.5 Å². The molecule has 2 aromatic carbocycles. The lowest BCUT2D eigenvalue weighted by molar-refractivity contribution is -0.315. The number of fused-ring (bicyclic) bond motifs is 1. The van der Waals surface area contributed by atoms with Crippen molar-refractivity contribution < 1.29 is 69.3 Å². The van der Waals surface area contributed by atoms with Gasteiger partial charge in [0.25, 0.3) is 0 Å². The molecule has 2 aliphatic heterocycles. The molecule has 0 aliphatic carbocycles. The molecule has 0 amide bonds. The van der Waals surface area contributed by atoms with Crippen molar-refractivity contribution in [2.75, 3.05) is 6.61 Å². The molecule has 9 N–H and O–H groups in total. The molecule has 10 atom stereocenters. The molecule has 3 aromatic rings. The molecule has 0 spiro atoms. The zero-order chi connectivity index (χ0) is 30.5. The number of aliphatic hydroxyl groups excluding tert-OH is 6. The van der Waals surface area contributed by atoms with Crippen molar-refractivity contribution in [3.05, 3.63) is 46.6 Å². The van der Waals surface area contributed by atoms with E-state index in [4.69, 9.17) is 23.4 Å². The number of aromatic hydroxyl groups is 3. The average Bonchev–Trinajstić information content (AvgIpc) is 3.22. The van der Waals surface area contributed by atoms with E-state index >= 15 is 0 Å². The maximum Gasteiger partial charge on any atom is 0.239 e. The zero-order valence-electron chi connectivity index (χ0n) is 21.9. The molecule has 2 aliphatic rings. The van der Waals surface area contributed by atoms with E-state index in [1.54, 1.807) is 0 Å². The Balaban J connectivity index is 1.48. The highest BCUT2D eigenvalue weighted by Gasteiger charge is 2.52. The second-order valence-electron chi connectivity index (χ2n) is 10.1. The molecular weight excluding hydrogens is 564 g/mol. The second-order valence-corrected chi connectivity index (χ2v) is 10.1. The summed E-state index contributed by atoms with van der Waals surface area (Å²) in [4.78, 5) is 13.5. The van der Waals surface area contributed by atoms with Gasteiger partial charge in [-0.1, -0.05) is 0 Å². The Kier molecular flexibility index (Phi) is 8.30. The lowest BCUT2D eigenvalue weighted by Gasteiger charge is -2.42. The van der Waals surface area contributed by atoms with Crippen molar-refractivity contribution in [2.45, 2.75) is 68.3 Å². The third-order valence-corrected chi connectivity index (χ3v) is 7.13. The summed E-state index contributed by atoms with van der Waals surface area (Å²) in [5, 5.41) is 91.6. The van der Waals surface area contributed by atoms with Gasteiger partial charge >= 0.3 is 0 Å². The lowest BCUT2D eigenvalue weighted by atomic mass is 9.98.